The second kappa shape index (κ2) is 9.71. The maximum Gasteiger partial charge on any atom is 0.332 e. The predicted molar refractivity (Wildman–Crippen MR) is 138 cm³/mol. The number of thiophene rings is 1. The summed E-state index contributed by atoms with van der Waals surface area (Å²) in [6.45, 7) is 3.38. The number of hydrogen-bond donors (Lipinski definition) is 1. The summed E-state index contributed by atoms with van der Waals surface area (Å²) >= 11 is 1.06. The first-order valence-corrected chi connectivity index (χ1v) is 11.9. The lowest BCUT2D eigenvalue weighted by molar-refractivity contribution is -0.116. The van der Waals surface area contributed by atoms with E-state index in [1.54, 1.807) is 27.1 Å². The molecule has 0 aliphatic heterocycles. The van der Waals surface area contributed by atoms with E-state index in [4.69, 9.17) is 0 Å². The van der Waals surface area contributed by atoms with Gasteiger partial charge in [-0.1, -0.05) is 42.5 Å². The van der Waals surface area contributed by atoms with Gasteiger partial charge in [0.25, 0.3) is 11.5 Å². The maximum atomic E-state index is 13.5. The number of hydrogen-bond acceptors (Lipinski definition) is 5. The molecule has 0 aliphatic rings. The average molecular weight is 491 g/mol. The van der Waals surface area contributed by atoms with Crippen LogP contribution in [0.15, 0.2) is 64.2 Å². The van der Waals surface area contributed by atoms with Crippen molar-refractivity contribution in [2.45, 2.75) is 26.9 Å². The van der Waals surface area contributed by atoms with Gasteiger partial charge in [0.2, 0.25) is 5.91 Å². The summed E-state index contributed by atoms with van der Waals surface area (Å²) in [4.78, 5) is 54.8. The largest absolute Gasteiger partial charge is 0.344 e. The second-order valence-electron chi connectivity index (χ2n) is 8.60. The van der Waals surface area contributed by atoms with Crippen LogP contribution in [-0.4, -0.2) is 39.9 Å². The SMILES string of the molecule is Cc1cccc(NC(=O)Cn2c(=O)n(Cc3ccccc3)c(=O)c3c(C)c(C(=O)N(C)C)sc32)c1. The van der Waals surface area contributed by atoms with E-state index < -0.39 is 17.2 Å². The molecule has 2 aromatic heterocycles. The van der Waals surface area contributed by atoms with E-state index in [9.17, 15) is 19.2 Å². The van der Waals surface area contributed by atoms with Crippen molar-refractivity contribution in [3.05, 3.63) is 97.0 Å². The molecule has 0 aliphatic carbocycles. The zero-order chi connectivity index (χ0) is 25.3. The first-order chi connectivity index (χ1) is 16.7. The molecule has 0 atom stereocenters. The van der Waals surface area contributed by atoms with Crippen LogP contribution in [0.5, 0.6) is 0 Å². The number of rotatable bonds is 6. The molecule has 2 heterocycles. The third-order valence-electron chi connectivity index (χ3n) is 5.68. The van der Waals surface area contributed by atoms with Crippen LogP contribution in [0, 0.1) is 13.8 Å². The maximum absolute atomic E-state index is 13.5. The van der Waals surface area contributed by atoms with Gasteiger partial charge in [0, 0.05) is 19.8 Å². The molecule has 8 nitrogen and oxygen atoms in total. The monoisotopic (exact) mass is 490 g/mol. The van der Waals surface area contributed by atoms with E-state index in [0.717, 1.165) is 27.0 Å². The van der Waals surface area contributed by atoms with Gasteiger partial charge in [-0.05, 0) is 42.7 Å². The minimum absolute atomic E-state index is 0.0557. The van der Waals surface area contributed by atoms with Crippen molar-refractivity contribution in [2.75, 3.05) is 19.4 Å². The van der Waals surface area contributed by atoms with Crippen molar-refractivity contribution in [3.63, 3.8) is 0 Å². The molecule has 0 unspecified atom stereocenters. The molecule has 35 heavy (non-hydrogen) atoms. The normalized spacial score (nSPS) is 11.0. The Kier molecular flexibility index (Phi) is 6.70. The van der Waals surface area contributed by atoms with Gasteiger partial charge < -0.3 is 10.2 Å². The molecular formula is C26H26N4O4S. The molecule has 0 radical (unpaired) electrons. The summed E-state index contributed by atoms with van der Waals surface area (Å²) in [7, 11) is 3.25. The zero-order valence-corrected chi connectivity index (χ0v) is 20.8. The highest BCUT2D eigenvalue weighted by Crippen LogP contribution is 2.29. The number of aryl methyl sites for hydroxylation is 2. The van der Waals surface area contributed by atoms with Crippen molar-refractivity contribution in [1.82, 2.24) is 14.0 Å². The second-order valence-corrected chi connectivity index (χ2v) is 9.60. The number of anilines is 1. The van der Waals surface area contributed by atoms with Crippen LogP contribution in [0.2, 0.25) is 0 Å². The number of benzene rings is 2. The van der Waals surface area contributed by atoms with Crippen LogP contribution in [0.25, 0.3) is 10.2 Å². The standard InChI is InChI=1S/C26H26N4O4S/c1-16-9-8-12-19(13-16)27-20(31)15-30-25-21(17(2)22(35-25)24(33)28(3)4)23(32)29(26(30)34)14-18-10-6-5-7-11-18/h5-13H,14-15H2,1-4H3,(H,27,31). The fourth-order valence-corrected chi connectivity index (χ4v) is 5.23. The Balaban J connectivity index is 1.87. The number of nitrogens with one attached hydrogen (secondary N) is 1. The molecule has 0 spiro atoms. The number of fused-ring (bicyclic) bond motifs is 1. The van der Waals surface area contributed by atoms with Crippen LogP contribution < -0.4 is 16.6 Å². The van der Waals surface area contributed by atoms with E-state index in [2.05, 4.69) is 5.32 Å². The van der Waals surface area contributed by atoms with Crippen molar-refractivity contribution in [1.29, 1.82) is 0 Å². The molecule has 2 aromatic carbocycles. The van der Waals surface area contributed by atoms with Gasteiger partial charge in [0.15, 0.2) is 0 Å². The number of aromatic nitrogens is 2. The van der Waals surface area contributed by atoms with Gasteiger partial charge in [-0.3, -0.25) is 23.5 Å². The summed E-state index contributed by atoms with van der Waals surface area (Å²) in [6, 6.07) is 16.5. The summed E-state index contributed by atoms with van der Waals surface area (Å²) in [5, 5.41) is 3.09. The number of nitrogens with zero attached hydrogens (tertiary/aromatic N) is 3. The van der Waals surface area contributed by atoms with E-state index in [-0.39, 0.29) is 24.4 Å². The molecule has 4 aromatic rings. The van der Waals surface area contributed by atoms with E-state index >= 15 is 0 Å². The predicted octanol–water partition coefficient (Wildman–Crippen LogP) is 3.23. The van der Waals surface area contributed by atoms with Crippen molar-refractivity contribution >= 4 is 39.1 Å². The number of carbonyl (C=O) groups excluding carboxylic acids is 2. The van der Waals surface area contributed by atoms with Crippen LogP contribution in [-0.2, 0) is 17.9 Å². The molecule has 2 amide bonds. The Labute approximate surface area is 206 Å². The smallest absolute Gasteiger partial charge is 0.332 e. The Morgan fingerprint density at radius 1 is 0.971 bits per heavy atom. The van der Waals surface area contributed by atoms with Crippen LogP contribution >= 0.6 is 11.3 Å². The minimum Gasteiger partial charge on any atom is -0.344 e. The lowest BCUT2D eigenvalue weighted by atomic mass is 10.2. The molecule has 0 fully saturated rings. The van der Waals surface area contributed by atoms with Crippen molar-refractivity contribution < 1.29 is 9.59 Å². The Morgan fingerprint density at radius 2 is 1.69 bits per heavy atom. The summed E-state index contributed by atoms with van der Waals surface area (Å²) in [6.07, 6.45) is 0. The lowest BCUT2D eigenvalue weighted by Gasteiger charge is -2.13. The Morgan fingerprint density at radius 3 is 2.34 bits per heavy atom. The Hall–Kier alpha value is -3.98. The van der Waals surface area contributed by atoms with E-state index in [1.165, 1.54) is 9.47 Å². The van der Waals surface area contributed by atoms with Gasteiger partial charge in [-0.15, -0.1) is 11.3 Å². The molecule has 1 N–H and O–H groups in total. The van der Waals surface area contributed by atoms with Gasteiger partial charge in [0.1, 0.15) is 11.4 Å². The topological polar surface area (TPSA) is 93.4 Å². The first kappa shape index (κ1) is 24.2. The highest BCUT2D eigenvalue weighted by Gasteiger charge is 2.25. The van der Waals surface area contributed by atoms with Crippen molar-refractivity contribution in [2.24, 2.45) is 0 Å². The van der Waals surface area contributed by atoms with E-state index in [1.807, 2.05) is 55.5 Å². The van der Waals surface area contributed by atoms with Crippen molar-refractivity contribution in [3.8, 4) is 0 Å². The minimum atomic E-state index is -0.601. The quantitative estimate of drug-likeness (QED) is 0.449. The summed E-state index contributed by atoms with van der Waals surface area (Å²) < 4.78 is 2.41. The molecule has 4 rings (SSSR count). The van der Waals surface area contributed by atoms with Gasteiger partial charge in [-0.25, -0.2) is 4.79 Å². The average Bonchev–Trinajstić information content (AvgIpc) is 3.16. The third-order valence-corrected chi connectivity index (χ3v) is 6.98. The van der Waals surface area contributed by atoms with Crippen LogP contribution in [0.3, 0.4) is 0 Å². The fourth-order valence-electron chi connectivity index (χ4n) is 3.91. The molecular weight excluding hydrogens is 464 g/mol. The molecule has 180 valence electrons. The van der Waals surface area contributed by atoms with Crippen LogP contribution in [0.4, 0.5) is 5.69 Å². The highest BCUT2D eigenvalue weighted by molar-refractivity contribution is 7.20. The van der Waals surface area contributed by atoms with Crippen LogP contribution in [0.1, 0.15) is 26.4 Å². The zero-order valence-electron chi connectivity index (χ0n) is 20.0. The number of amides is 2. The van der Waals surface area contributed by atoms with Gasteiger partial charge in [0.05, 0.1) is 16.8 Å². The summed E-state index contributed by atoms with van der Waals surface area (Å²) in [5.41, 5.74) is 1.80. The molecule has 0 saturated heterocycles. The first-order valence-electron chi connectivity index (χ1n) is 11.1. The summed E-state index contributed by atoms with van der Waals surface area (Å²) in [5.74, 6) is -0.670. The number of carbonyl (C=O) groups is 2. The fraction of sp³-hybridized carbons (Fsp3) is 0.231. The molecule has 0 bridgehead atoms. The third kappa shape index (κ3) is 4.81. The molecule has 9 heteroatoms. The lowest BCUT2D eigenvalue weighted by Crippen LogP contribution is -2.41. The Bertz CT molecular complexity index is 1550. The molecule has 0 saturated carbocycles. The highest BCUT2D eigenvalue weighted by atomic mass is 32.1. The van der Waals surface area contributed by atoms with Gasteiger partial charge in [-0.2, -0.15) is 0 Å². The van der Waals surface area contributed by atoms with Gasteiger partial charge >= 0.3 is 5.69 Å². The van der Waals surface area contributed by atoms with E-state index in [0.29, 0.717) is 21.0 Å².